The standard InChI is InChI=1S/C13H15F3O2/c1-4-9-7-10(8(2)12(17)18-3)5-6-11(9)13(14,15)16/h5-8H,4H2,1-3H3. The van der Waals surface area contributed by atoms with E-state index < -0.39 is 23.6 Å². The van der Waals surface area contributed by atoms with Gasteiger partial charge in [0.1, 0.15) is 0 Å². The summed E-state index contributed by atoms with van der Waals surface area (Å²) in [7, 11) is 1.25. The first-order chi connectivity index (χ1) is 8.31. The second-order valence-electron chi connectivity index (χ2n) is 4.01. The Balaban J connectivity index is 3.18. The lowest BCUT2D eigenvalue weighted by atomic mass is 9.95. The lowest BCUT2D eigenvalue weighted by molar-refractivity contribution is -0.142. The van der Waals surface area contributed by atoms with Gasteiger partial charge in [0.2, 0.25) is 0 Å². The fraction of sp³-hybridized carbons (Fsp3) is 0.462. The van der Waals surface area contributed by atoms with Gasteiger partial charge in [0.25, 0.3) is 0 Å². The van der Waals surface area contributed by atoms with Gasteiger partial charge in [-0.3, -0.25) is 4.79 Å². The first-order valence-corrected chi connectivity index (χ1v) is 5.59. The highest BCUT2D eigenvalue weighted by atomic mass is 19.4. The number of ether oxygens (including phenoxy) is 1. The third-order valence-electron chi connectivity index (χ3n) is 2.87. The summed E-state index contributed by atoms with van der Waals surface area (Å²) in [6.07, 6.45) is -4.10. The molecule has 100 valence electrons. The molecule has 0 amide bonds. The van der Waals surface area contributed by atoms with Gasteiger partial charge in [0.15, 0.2) is 0 Å². The Bertz CT molecular complexity index is 438. The summed E-state index contributed by atoms with van der Waals surface area (Å²) in [5, 5.41) is 0. The van der Waals surface area contributed by atoms with Crippen molar-refractivity contribution < 1.29 is 22.7 Å². The maximum absolute atomic E-state index is 12.7. The van der Waals surface area contributed by atoms with Crippen molar-refractivity contribution in [3.8, 4) is 0 Å². The largest absolute Gasteiger partial charge is 0.469 e. The number of halogens is 3. The van der Waals surface area contributed by atoms with Gasteiger partial charge in [-0.1, -0.05) is 19.1 Å². The Morgan fingerprint density at radius 2 is 2.00 bits per heavy atom. The highest BCUT2D eigenvalue weighted by Crippen LogP contribution is 2.33. The number of aryl methyl sites for hydroxylation is 1. The van der Waals surface area contributed by atoms with Crippen LogP contribution in [0.15, 0.2) is 18.2 Å². The van der Waals surface area contributed by atoms with E-state index in [0.717, 1.165) is 6.07 Å². The molecule has 0 spiro atoms. The molecule has 1 unspecified atom stereocenters. The van der Waals surface area contributed by atoms with Crippen molar-refractivity contribution in [3.05, 3.63) is 34.9 Å². The number of carbonyl (C=O) groups is 1. The molecular weight excluding hydrogens is 245 g/mol. The Hall–Kier alpha value is -1.52. The summed E-state index contributed by atoms with van der Waals surface area (Å²) in [6.45, 7) is 3.25. The van der Waals surface area contributed by atoms with Crippen LogP contribution in [0.4, 0.5) is 13.2 Å². The van der Waals surface area contributed by atoms with E-state index in [0.29, 0.717) is 5.56 Å². The van der Waals surface area contributed by atoms with Crippen molar-refractivity contribution in [3.63, 3.8) is 0 Å². The van der Waals surface area contributed by atoms with Crippen LogP contribution in [0.2, 0.25) is 0 Å². The number of alkyl halides is 3. The summed E-state index contributed by atoms with van der Waals surface area (Å²) in [5.41, 5.74) is 0.0771. The van der Waals surface area contributed by atoms with E-state index in [9.17, 15) is 18.0 Å². The predicted molar refractivity (Wildman–Crippen MR) is 61.3 cm³/mol. The molecule has 0 bridgehead atoms. The van der Waals surface area contributed by atoms with Gasteiger partial charge in [0, 0.05) is 0 Å². The summed E-state index contributed by atoms with van der Waals surface area (Å²) >= 11 is 0. The fourth-order valence-corrected chi connectivity index (χ4v) is 1.76. The average Bonchev–Trinajstić information content (AvgIpc) is 2.34. The molecule has 0 aromatic heterocycles. The minimum Gasteiger partial charge on any atom is -0.469 e. The average molecular weight is 260 g/mol. The Kier molecular flexibility index (Phi) is 4.38. The number of carbonyl (C=O) groups excluding carboxylic acids is 1. The third-order valence-corrected chi connectivity index (χ3v) is 2.87. The number of methoxy groups -OCH3 is 1. The molecule has 0 fully saturated rings. The topological polar surface area (TPSA) is 26.3 Å². The van der Waals surface area contributed by atoms with Crippen molar-refractivity contribution in [2.24, 2.45) is 0 Å². The molecule has 1 atom stereocenters. The molecule has 1 rings (SSSR count). The zero-order chi connectivity index (χ0) is 13.9. The van der Waals surface area contributed by atoms with Gasteiger partial charge in [0.05, 0.1) is 18.6 Å². The van der Waals surface area contributed by atoms with Crippen molar-refractivity contribution in [1.29, 1.82) is 0 Å². The number of rotatable bonds is 3. The minimum absolute atomic E-state index is 0.191. The SMILES string of the molecule is CCc1cc(C(C)C(=O)OC)ccc1C(F)(F)F. The number of benzene rings is 1. The molecule has 0 aliphatic rings. The first-order valence-electron chi connectivity index (χ1n) is 5.59. The van der Waals surface area contributed by atoms with Gasteiger partial charge in [-0.25, -0.2) is 0 Å². The minimum atomic E-state index is -4.36. The number of esters is 1. The van der Waals surface area contributed by atoms with Crippen LogP contribution in [0.5, 0.6) is 0 Å². The zero-order valence-electron chi connectivity index (χ0n) is 10.5. The van der Waals surface area contributed by atoms with E-state index in [1.54, 1.807) is 13.8 Å². The summed E-state index contributed by atoms with van der Waals surface area (Å²) in [4.78, 5) is 11.3. The van der Waals surface area contributed by atoms with Gasteiger partial charge in [-0.2, -0.15) is 13.2 Å². The maximum atomic E-state index is 12.7. The van der Waals surface area contributed by atoms with E-state index >= 15 is 0 Å². The summed E-state index contributed by atoms with van der Waals surface area (Å²) in [6, 6.07) is 3.77. The lowest BCUT2D eigenvalue weighted by Crippen LogP contribution is -2.13. The second kappa shape index (κ2) is 5.42. The molecule has 0 heterocycles. The molecule has 18 heavy (non-hydrogen) atoms. The molecule has 0 aliphatic carbocycles. The van der Waals surface area contributed by atoms with Crippen molar-refractivity contribution in [2.45, 2.75) is 32.4 Å². The van der Waals surface area contributed by atoms with Crippen molar-refractivity contribution in [2.75, 3.05) is 7.11 Å². The van der Waals surface area contributed by atoms with E-state index in [1.807, 2.05) is 0 Å². The zero-order valence-corrected chi connectivity index (χ0v) is 10.5. The van der Waals surface area contributed by atoms with Crippen LogP contribution in [0.25, 0.3) is 0 Å². The van der Waals surface area contributed by atoms with Gasteiger partial charge < -0.3 is 4.74 Å². The van der Waals surface area contributed by atoms with E-state index in [-0.39, 0.29) is 12.0 Å². The van der Waals surface area contributed by atoms with Crippen LogP contribution in [0, 0.1) is 0 Å². The number of hydrogen-bond donors (Lipinski definition) is 0. The van der Waals surface area contributed by atoms with Gasteiger partial charge in [-0.05, 0) is 30.5 Å². The molecule has 0 radical (unpaired) electrons. The molecule has 0 N–H and O–H groups in total. The van der Waals surface area contributed by atoms with Crippen LogP contribution in [0.1, 0.15) is 36.5 Å². The molecule has 1 aromatic carbocycles. The maximum Gasteiger partial charge on any atom is 0.416 e. The highest BCUT2D eigenvalue weighted by molar-refractivity contribution is 5.77. The monoisotopic (exact) mass is 260 g/mol. The lowest BCUT2D eigenvalue weighted by Gasteiger charge is -2.15. The molecular formula is C13H15F3O2. The van der Waals surface area contributed by atoms with E-state index in [2.05, 4.69) is 4.74 Å². The third kappa shape index (κ3) is 3.03. The molecule has 0 saturated carbocycles. The van der Waals surface area contributed by atoms with Crippen molar-refractivity contribution >= 4 is 5.97 Å². The van der Waals surface area contributed by atoms with Crippen LogP contribution in [-0.4, -0.2) is 13.1 Å². The summed E-state index contributed by atoms with van der Waals surface area (Å²) in [5.74, 6) is -1.03. The molecule has 5 heteroatoms. The first kappa shape index (κ1) is 14.5. The molecule has 0 aliphatic heterocycles. The van der Waals surface area contributed by atoms with Crippen molar-refractivity contribution in [1.82, 2.24) is 0 Å². The number of hydrogen-bond acceptors (Lipinski definition) is 2. The normalized spacial score (nSPS) is 13.2. The summed E-state index contributed by atoms with van der Waals surface area (Å²) < 4.78 is 42.7. The molecule has 0 saturated heterocycles. The van der Waals surface area contributed by atoms with E-state index in [1.165, 1.54) is 19.2 Å². The molecule has 1 aromatic rings. The smallest absolute Gasteiger partial charge is 0.416 e. The van der Waals surface area contributed by atoms with Crippen LogP contribution in [-0.2, 0) is 22.1 Å². The van der Waals surface area contributed by atoms with Gasteiger partial charge in [-0.15, -0.1) is 0 Å². The Morgan fingerprint density at radius 1 is 1.39 bits per heavy atom. The van der Waals surface area contributed by atoms with Gasteiger partial charge >= 0.3 is 12.1 Å². The highest BCUT2D eigenvalue weighted by Gasteiger charge is 2.33. The Morgan fingerprint density at radius 3 is 2.44 bits per heavy atom. The second-order valence-corrected chi connectivity index (χ2v) is 4.01. The van der Waals surface area contributed by atoms with Crippen LogP contribution >= 0.6 is 0 Å². The predicted octanol–water partition coefficient (Wildman–Crippen LogP) is 3.54. The van der Waals surface area contributed by atoms with Crippen LogP contribution < -0.4 is 0 Å². The van der Waals surface area contributed by atoms with E-state index in [4.69, 9.17) is 0 Å². The molecule has 2 nitrogen and oxygen atoms in total. The van der Waals surface area contributed by atoms with Crippen LogP contribution in [0.3, 0.4) is 0 Å². The Labute approximate surface area is 104 Å². The fourth-order valence-electron chi connectivity index (χ4n) is 1.76. The quantitative estimate of drug-likeness (QED) is 0.777.